The Balaban J connectivity index is 1.50. The number of aromatic nitrogens is 3. The fraction of sp³-hybridized carbons (Fsp3) is 0.348. The lowest BCUT2D eigenvalue weighted by atomic mass is 9.91. The maximum atomic E-state index is 13.7. The molecule has 0 unspecified atom stereocenters. The van der Waals surface area contributed by atoms with Crippen molar-refractivity contribution in [1.29, 1.82) is 0 Å². The number of aliphatic hydroxyl groups excluding tert-OH is 1. The van der Waals surface area contributed by atoms with Crippen molar-refractivity contribution in [3.8, 4) is 11.3 Å². The summed E-state index contributed by atoms with van der Waals surface area (Å²) in [5.41, 5.74) is 0.676. The number of carbonyl (C=O) groups is 1. The van der Waals surface area contributed by atoms with Gasteiger partial charge in [-0.3, -0.25) is 0 Å². The third-order valence-electron chi connectivity index (χ3n) is 5.98. The highest BCUT2D eigenvalue weighted by Crippen LogP contribution is 2.39. The standard InChI is InChI=1S/C23H20F3N3O6/c1-32-22(31)21-19(30)18(20-16(34-21)10-33-23(35-20)11-5-3-2-4-6-11)29-9-15(27-28-29)12-7-13(24)17(26)14(25)8-12/h2-9,16,18-21,23,30H,10H2,1H3/t16-,18-,19-,20+,21-,23+/m1/s1. The van der Waals surface area contributed by atoms with E-state index in [0.717, 1.165) is 24.8 Å². The molecule has 184 valence electrons. The topological polar surface area (TPSA) is 105 Å². The summed E-state index contributed by atoms with van der Waals surface area (Å²) in [6.45, 7) is 0.0386. The molecule has 0 spiro atoms. The van der Waals surface area contributed by atoms with Crippen LogP contribution in [-0.2, 0) is 23.7 Å². The fourth-order valence-corrected chi connectivity index (χ4v) is 4.27. The van der Waals surface area contributed by atoms with Crippen molar-refractivity contribution < 1.29 is 42.0 Å². The van der Waals surface area contributed by atoms with Crippen LogP contribution < -0.4 is 0 Å². The van der Waals surface area contributed by atoms with E-state index in [1.807, 2.05) is 30.3 Å². The van der Waals surface area contributed by atoms with Gasteiger partial charge in [-0.25, -0.2) is 22.6 Å². The van der Waals surface area contributed by atoms with Crippen LogP contribution in [0.5, 0.6) is 0 Å². The predicted octanol–water partition coefficient (Wildman–Crippen LogP) is 2.32. The molecule has 0 amide bonds. The van der Waals surface area contributed by atoms with Crippen LogP contribution in [0.1, 0.15) is 17.9 Å². The summed E-state index contributed by atoms with van der Waals surface area (Å²) >= 11 is 0. The van der Waals surface area contributed by atoms with E-state index in [9.17, 15) is 23.1 Å². The molecule has 3 aromatic rings. The van der Waals surface area contributed by atoms with Crippen LogP contribution >= 0.6 is 0 Å². The minimum atomic E-state index is -1.60. The molecule has 3 heterocycles. The lowest BCUT2D eigenvalue weighted by Crippen LogP contribution is -2.61. The molecule has 2 aromatic carbocycles. The van der Waals surface area contributed by atoms with Crippen molar-refractivity contribution in [1.82, 2.24) is 15.0 Å². The van der Waals surface area contributed by atoms with E-state index in [-0.39, 0.29) is 17.9 Å². The van der Waals surface area contributed by atoms with Crippen LogP contribution in [0, 0.1) is 17.5 Å². The zero-order valence-corrected chi connectivity index (χ0v) is 18.3. The molecule has 2 aliphatic heterocycles. The molecule has 1 aromatic heterocycles. The zero-order chi connectivity index (χ0) is 24.7. The number of halogens is 3. The smallest absolute Gasteiger partial charge is 0.337 e. The van der Waals surface area contributed by atoms with Crippen molar-refractivity contribution in [2.45, 2.75) is 36.7 Å². The third kappa shape index (κ3) is 4.29. The molecular formula is C23H20F3N3O6. The summed E-state index contributed by atoms with van der Waals surface area (Å²) in [4.78, 5) is 12.3. The summed E-state index contributed by atoms with van der Waals surface area (Å²) in [7, 11) is 1.16. The molecule has 2 fully saturated rings. The second-order valence-electron chi connectivity index (χ2n) is 8.11. The van der Waals surface area contributed by atoms with Gasteiger partial charge in [-0.15, -0.1) is 5.10 Å². The molecule has 2 aliphatic rings. The van der Waals surface area contributed by atoms with E-state index in [1.54, 1.807) is 0 Å². The minimum absolute atomic E-state index is 0.0133. The number of rotatable bonds is 4. The first kappa shape index (κ1) is 23.4. The fourth-order valence-electron chi connectivity index (χ4n) is 4.27. The second kappa shape index (κ2) is 9.38. The number of carbonyl (C=O) groups excluding carboxylic acids is 1. The van der Waals surface area contributed by atoms with E-state index in [1.165, 1.54) is 10.9 Å². The van der Waals surface area contributed by atoms with Gasteiger partial charge in [-0.1, -0.05) is 35.5 Å². The lowest BCUT2D eigenvalue weighted by Gasteiger charge is -2.47. The molecule has 0 saturated carbocycles. The van der Waals surface area contributed by atoms with E-state index in [0.29, 0.717) is 0 Å². The van der Waals surface area contributed by atoms with Crippen LogP contribution in [-0.4, -0.2) is 64.2 Å². The number of hydrogen-bond donors (Lipinski definition) is 1. The van der Waals surface area contributed by atoms with Gasteiger partial charge in [-0.2, -0.15) is 0 Å². The maximum Gasteiger partial charge on any atom is 0.337 e. The number of methoxy groups -OCH3 is 1. The molecule has 0 aliphatic carbocycles. The van der Waals surface area contributed by atoms with E-state index in [4.69, 9.17) is 18.9 Å². The van der Waals surface area contributed by atoms with Gasteiger partial charge in [0.25, 0.3) is 0 Å². The number of nitrogens with zero attached hydrogens (tertiary/aromatic N) is 3. The van der Waals surface area contributed by atoms with Gasteiger partial charge in [0, 0.05) is 11.1 Å². The number of fused-ring (bicyclic) bond motifs is 1. The number of ether oxygens (including phenoxy) is 4. The average molecular weight is 491 g/mol. The molecular weight excluding hydrogens is 471 g/mol. The molecule has 12 heteroatoms. The minimum Gasteiger partial charge on any atom is -0.467 e. The number of aliphatic hydroxyl groups is 1. The van der Waals surface area contributed by atoms with Crippen molar-refractivity contribution in [2.75, 3.05) is 13.7 Å². The highest BCUT2D eigenvalue weighted by Gasteiger charge is 2.53. The van der Waals surface area contributed by atoms with Crippen LogP contribution in [0.15, 0.2) is 48.7 Å². The van der Waals surface area contributed by atoms with E-state index >= 15 is 0 Å². The normalized spacial score (nSPS) is 28.4. The molecule has 2 saturated heterocycles. The lowest BCUT2D eigenvalue weighted by molar-refractivity contribution is -0.314. The van der Waals surface area contributed by atoms with Gasteiger partial charge in [0.05, 0.1) is 19.9 Å². The van der Waals surface area contributed by atoms with Crippen molar-refractivity contribution >= 4 is 5.97 Å². The molecule has 0 bridgehead atoms. The summed E-state index contributed by atoms with van der Waals surface area (Å²) in [6.07, 6.45) is -3.95. The van der Waals surface area contributed by atoms with Gasteiger partial charge in [0.2, 0.25) is 0 Å². The molecule has 9 nitrogen and oxygen atoms in total. The molecule has 6 atom stereocenters. The monoisotopic (exact) mass is 491 g/mol. The molecule has 35 heavy (non-hydrogen) atoms. The van der Waals surface area contributed by atoms with E-state index < -0.39 is 60.2 Å². The SMILES string of the molecule is COC(=O)[C@@H]1O[C@@H]2CO[C@H](c3ccccc3)O[C@@H]2[C@H](n2cc(-c3cc(F)c(F)c(F)c3)nn2)[C@H]1O. The number of hydrogen-bond acceptors (Lipinski definition) is 8. The highest BCUT2D eigenvalue weighted by atomic mass is 19.2. The van der Waals surface area contributed by atoms with Gasteiger partial charge < -0.3 is 24.1 Å². The molecule has 5 rings (SSSR count). The van der Waals surface area contributed by atoms with Crippen molar-refractivity contribution in [2.24, 2.45) is 0 Å². The highest BCUT2D eigenvalue weighted by molar-refractivity contribution is 5.75. The predicted molar refractivity (Wildman–Crippen MR) is 111 cm³/mol. The summed E-state index contributed by atoms with van der Waals surface area (Å²) in [6, 6.07) is 9.64. The maximum absolute atomic E-state index is 13.7. The third-order valence-corrected chi connectivity index (χ3v) is 5.98. The van der Waals surface area contributed by atoms with Crippen LogP contribution in [0.3, 0.4) is 0 Å². The van der Waals surface area contributed by atoms with Crippen LogP contribution in [0.2, 0.25) is 0 Å². The van der Waals surface area contributed by atoms with Crippen LogP contribution in [0.25, 0.3) is 11.3 Å². The van der Waals surface area contributed by atoms with Crippen molar-refractivity contribution in [3.05, 3.63) is 71.7 Å². The van der Waals surface area contributed by atoms with Gasteiger partial charge in [-0.05, 0) is 12.1 Å². The zero-order valence-electron chi connectivity index (χ0n) is 18.3. The quantitative estimate of drug-likeness (QED) is 0.438. The Labute approximate surface area is 197 Å². The van der Waals surface area contributed by atoms with Gasteiger partial charge in [0.15, 0.2) is 29.8 Å². The number of esters is 1. The second-order valence-corrected chi connectivity index (χ2v) is 8.11. The van der Waals surface area contributed by atoms with Gasteiger partial charge in [0.1, 0.15) is 30.0 Å². The Kier molecular flexibility index (Phi) is 6.28. The Morgan fingerprint density at radius 3 is 2.54 bits per heavy atom. The Hall–Kier alpha value is -3.32. The summed E-state index contributed by atoms with van der Waals surface area (Å²) in [5, 5.41) is 19.0. The Morgan fingerprint density at radius 2 is 1.86 bits per heavy atom. The first-order valence-electron chi connectivity index (χ1n) is 10.7. The van der Waals surface area contributed by atoms with Crippen molar-refractivity contribution in [3.63, 3.8) is 0 Å². The summed E-state index contributed by atoms with van der Waals surface area (Å²) < 4.78 is 64.5. The number of benzene rings is 2. The largest absolute Gasteiger partial charge is 0.467 e. The van der Waals surface area contributed by atoms with Gasteiger partial charge >= 0.3 is 5.97 Å². The Bertz CT molecular complexity index is 1200. The molecule has 0 radical (unpaired) electrons. The van der Waals surface area contributed by atoms with E-state index in [2.05, 4.69) is 10.3 Å². The van der Waals surface area contributed by atoms with Crippen LogP contribution in [0.4, 0.5) is 13.2 Å². The molecule has 1 N–H and O–H groups in total. The first-order valence-corrected chi connectivity index (χ1v) is 10.7. The average Bonchev–Trinajstić information content (AvgIpc) is 3.36. The summed E-state index contributed by atoms with van der Waals surface area (Å²) in [5.74, 6) is -5.18. The Morgan fingerprint density at radius 1 is 1.14 bits per heavy atom. The first-order chi connectivity index (χ1) is 16.9.